The molecule has 0 unspecified atom stereocenters. The van der Waals surface area contributed by atoms with Gasteiger partial charge in [-0.25, -0.2) is 4.68 Å². The number of ketones is 1. The Balaban J connectivity index is 1.69. The molecule has 0 amide bonds. The Hall–Kier alpha value is -1.16. The van der Waals surface area contributed by atoms with Gasteiger partial charge >= 0.3 is 0 Å². The third kappa shape index (κ3) is 4.16. The average Bonchev–Trinajstić information content (AvgIpc) is 2.99. The van der Waals surface area contributed by atoms with Gasteiger partial charge in [0, 0.05) is 11.8 Å². The lowest BCUT2D eigenvalue weighted by Gasteiger charge is -2.02. The van der Waals surface area contributed by atoms with E-state index in [-0.39, 0.29) is 0 Å². The molecule has 3 nitrogen and oxygen atoms in total. The SMILES string of the molecule is CCCCCCCCC(=O)Cn1ncc2ccsc21. The van der Waals surface area contributed by atoms with Gasteiger partial charge in [0.25, 0.3) is 0 Å². The molecule has 0 saturated carbocycles. The molecule has 0 radical (unpaired) electrons. The first kappa shape index (κ1) is 14.3. The number of thiophene rings is 1. The van der Waals surface area contributed by atoms with Crippen molar-refractivity contribution in [3.8, 4) is 0 Å². The van der Waals surface area contributed by atoms with Gasteiger partial charge in [0.15, 0.2) is 5.78 Å². The second-order valence-electron chi connectivity index (χ2n) is 5.04. The molecular formula is C15H22N2OS. The molecule has 0 spiro atoms. The van der Waals surface area contributed by atoms with Crippen LogP contribution in [0.1, 0.15) is 51.9 Å². The minimum Gasteiger partial charge on any atom is -0.298 e. The number of fused-ring (bicyclic) bond motifs is 1. The fraction of sp³-hybridized carbons (Fsp3) is 0.600. The molecule has 4 heteroatoms. The largest absolute Gasteiger partial charge is 0.298 e. The summed E-state index contributed by atoms with van der Waals surface area (Å²) in [5.74, 6) is 0.300. The van der Waals surface area contributed by atoms with Crippen LogP contribution >= 0.6 is 11.3 Å². The number of unbranched alkanes of at least 4 members (excludes halogenated alkanes) is 5. The summed E-state index contributed by atoms with van der Waals surface area (Å²) in [6, 6.07) is 2.04. The Morgan fingerprint density at radius 1 is 1.26 bits per heavy atom. The van der Waals surface area contributed by atoms with Crippen LogP contribution in [-0.4, -0.2) is 15.6 Å². The molecule has 0 N–H and O–H groups in total. The van der Waals surface area contributed by atoms with E-state index in [2.05, 4.69) is 12.0 Å². The van der Waals surface area contributed by atoms with Crippen molar-refractivity contribution < 1.29 is 4.79 Å². The van der Waals surface area contributed by atoms with Gasteiger partial charge < -0.3 is 0 Å². The van der Waals surface area contributed by atoms with Crippen molar-refractivity contribution in [2.45, 2.75) is 58.4 Å². The van der Waals surface area contributed by atoms with Gasteiger partial charge in [-0.3, -0.25) is 4.79 Å². The molecule has 2 aromatic heterocycles. The van der Waals surface area contributed by atoms with Crippen LogP contribution in [0.15, 0.2) is 17.6 Å². The maximum atomic E-state index is 11.9. The van der Waals surface area contributed by atoms with Crippen LogP contribution in [0.3, 0.4) is 0 Å². The van der Waals surface area contributed by atoms with Crippen molar-refractivity contribution in [3.63, 3.8) is 0 Å². The van der Waals surface area contributed by atoms with Gasteiger partial charge in [-0.15, -0.1) is 11.3 Å². The van der Waals surface area contributed by atoms with Gasteiger partial charge in [0.2, 0.25) is 0 Å². The molecule has 0 atom stereocenters. The Morgan fingerprint density at radius 2 is 2.05 bits per heavy atom. The van der Waals surface area contributed by atoms with Crippen molar-refractivity contribution in [2.75, 3.05) is 0 Å². The average molecular weight is 278 g/mol. The number of Topliss-reactive ketones (excluding diaryl/α,β-unsaturated/α-hetero) is 1. The highest BCUT2D eigenvalue weighted by Gasteiger charge is 2.08. The molecular weight excluding hydrogens is 256 g/mol. The minimum atomic E-state index is 0.300. The number of carbonyl (C=O) groups excluding carboxylic acids is 1. The summed E-state index contributed by atoms with van der Waals surface area (Å²) < 4.78 is 1.83. The fourth-order valence-corrected chi connectivity index (χ4v) is 3.10. The quantitative estimate of drug-likeness (QED) is 0.636. The minimum absolute atomic E-state index is 0.300. The van der Waals surface area contributed by atoms with E-state index in [1.807, 2.05) is 22.3 Å². The van der Waals surface area contributed by atoms with E-state index in [1.165, 1.54) is 32.1 Å². The van der Waals surface area contributed by atoms with Crippen molar-refractivity contribution in [1.82, 2.24) is 9.78 Å². The Labute approximate surface area is 118 Å². The van der Waals surface area contributed by atoms with E-state index in [9.17, 15) is 4.79 Å². The second kappa shape index (κ2) is 7.43. The molecule has 19 heavy (non-hydrogen) atoms. The predicted molar refractivity (Wildman–Crippen MR) is 80.6 cm³/mol. The van der Waals surface area contributed by atoms with Crippen LogP contribution in [0.25, 0.3) is 10.2 Å². The summed E-state index contributed by atoms with van der Waals surface area (Å²) in [6.45, 7) is 2.65. The van der Waals surface area contributed by atoms with E-state index in [4.69, 9.17) is 0 Å². The molecule has 0 fully saturated rings. The van der Waals surface area contributed by atoms with Crippen molar-refractivity contribution in [2.24, 2.45) is 0 Å². The molecule has 104 valence electrons. The highest BCUT2D eigenvalue weighted by Crippen LogP contribution is 2.20. The lowest BCUT2D eigenvalue weighted by molar-refractivity contribution is -0.119. The Kier molecular flexibility index (Phi) is 5.58. The van der Waals surface area contributed by atoms with Crippen LogP contribution in [0, 0.1) is 0 Å². The zero-order valence-electron chi connectivity index (χ0n) is 11.6. The van der Waals surface area contributed by atoms with Crippen LogP contribution in [0.5, 0.6) is 0 Å². The summed E-state index contributed by atoms with van der Waals surface area (Å²) in [7, 11) is 0. The zero-order valence-corrected chi connectivity index (χ0v) is 12.4. The summed E-state index contributed by atoms with van der Waals surface area (Å²) in [5.41, 5.74) is 0. The molecule has 0 aliphatic rings. The third-order valence-electron chi connectivity index (χ3n) is 3.38. The fourth-order valence-electron chi connectivity index (χ4n) is 2.26. The van der Waals surface area contributed by atoms with Crippen molar-refractivity contribution >= 4 is 27.3 Å². The van der Waals surface area contributed by atoms with Crippen LogP contribution in [0.4, 0.5) is 0 Å². The maximum absolute atomic E-state index is 11.9. The first-order valence-corrected chi connectivity index (χ1v) is 8.10. The smallest absolute Gasteiger partial charge is 0.154 e. The summed E-state index contributed by atoms with van der Waals surface area (Å²) in [6.07, 6.45) is 9.89. The van der Waals surface area contributed by atoms with Crippen LogP contribution in [0.2, 0.25) is 0 Å². The van der Waals surface area contributed by atoms with Gasteiger partial charge in [0.05, 0.1) is 6.20 Å². The maximum Gasteiger partial charge on any atom is 0.154 e. The van der Waals surface area contributed by atoms with E-state index in [0.29, 0.717) is 18.7 Å². The molecule has 0 aliphatic heterocycles. The van der Waals surface area contributed by atoms with Gasteiger partial charge in [0.1, 0.15) is 11.4 Å². The molecule has 0 saturated heterocycles. The lowest BCUT2D eigenvalue weighted by atomic mass is 10.1. The van der Waals surface area contributed by atoms with E-state index < -0.39 is 0 Å². The first-order chi connectivity index (χ1) is 9.31. The summed E-state index contributed by atoms with van der Waals surface area (Å²) >= 11 is 1.65. The van der Waals surface area contributed by atoms with E-state index >= 15 is 0 Å². The molecule has 2 heterocycles. The van der Waals surface area contributed by atoms with E-state index in [0.717, 1.165) is 16.6 Å². The van der Waals surface area contributed by atoms with Gasteiger partial charge in [-0.1, -0.05) is 39.0 Å². The third-order valence-corrected chi connectivity index (χ3v) is 4.32. The highest BCUT2D eigenvalue weighted by molar-refractivity contribution is 7.16. The number of aromatic nitrogens is 2. The molecule has 0 bridgehead atoms. The monoisotopic (exact) mass is 278 g/mol. The molecule has 2 rings (SSSR count). The Bertz CT molecular complexity index is 515. The number of carbonyl (C=O) groups is 1. The van der Waals surface area contributed by atoms with Crippen LogP contribution < -0.4 is 0 Å². The summed E-state index contributed by atoms with van der Waals surface area (Å²) in [4.78, 5) is 13.0. The number of hydrogen-bond acceptors (Lipinski definition) is 3. The Morgan fingerprint density at radius 3 is 2.89 bits per heavy atom. The first-order valence-electron chi connectivity index (χ1n) is 7.22. The van der Waals surface area contributed by atoms with Gasteiger partial charge in [-0.2, -0.15) is 5.10 Å². The summed E-state index contributed by atoms with van der Waals surface area (Å²) in [5, 5.41) is 7.45. The molecule has 0 aliphatic carbocycles. The number of rotatable bonds is 9. The molecule has 0 aromatic carbocycles. The normalized spacial score (nSPS) is 11.2. The van der Waals surface area contributed by atoms with Crippen molar-refractivity contribution in [3.05, 3.63) is 17.6 Å². The van der Waals surface area contributed by atoms with Gasteiger partial charge in [-0.05, 0) is 17.9 Å². The van der Waals surface area contributed by atoms with Crippen molar-refractivity contribution in [1.29, 1.82) is 0 Å². The number of hydrogen-bond donors (Lipinski definition) is 0. The standard InChI is InChI=1S/C15H22N2OS/c1-2-3-4-5-6-7-8-14(18)12-17-15-13(11-16-17)9-10-19-15/h9-11H,2-8,12H2,1H3. The van der Waals surface area contributed by atoms with E-state index in [1.54, 1.807) is 11.3 Å². The van der Waals surface area contributed by atoms with Crippen LogP contribution in [-0.2, 0) is 11.3 Å². The number of nitrogens with zero attached hydrogens (tertiary/aromatic N) is 2. The second-order valence-corrected chi connectivity index (χ2v) is 5.93. The zero-order chi connectivity index (χ0) is 13.5. The highest BCUT2D eigenvalue weighted by atomic mass is 32.1. The predicted octanol–water partition coefficient (Wildman–Crippen LogP) is 4.42. The molecule has 2 aromatic rings. The topological polar surface area (TPSA) is 34.9 Å². The lowest BCUT2D eigenvalue weighted by Crippen LogP contribution is -2.10.